The van der Waals surface area contributed by atoms with Crippen molar-refractivity contribution in [3.8, 4) is 11.5 Å². The molecule has 5 heteroatoms. The van der Waals surface area contributed by atoms with Gasteiger partial charge in [0.2, 0.25) is 0 Å². The molecule has 3 nitrogen and oxygen atoms in total. The van der Waals surface area contributed by atoms with E-state index in [1.165, 1.54) is 0 Å². The minimum atomic E-state index is 0.299. The van der Waals surface area contributed by atoms with Gasteiger partial charge in [0.1, 0.15) is 6.61 Å². The summed E-state index contributed by atoms with van der Waals surface area (Å²) in [7, 11) is 0. The lowest BCUT2D eigenvalue weighted by Crippen LogP contribution is -2.01. The van der Waals surface area contributed by atoms with Crippen LogP contribution in [0.2, 0.25) is 5.15 Å². The van der Waals surface area contributed by atoms with Crippen LogP contribution in [0.1, 0.15) is 12.5 Å². The lowest BCUT2D eigenvalue weighted by molar-refractivity contribution is 0.266. The van der Waals surface area contributed by atoms with Crippen molar-refractivity contribution in [2.24, 2.45) is 0 Å². The number of rotatable bonds is 5. The zero-order chi connectivity index (χ0) is 13.7. The van der Waals surface area contributed by atoms with Gasteiger partial charge in [-0.25, -0.2) is 4.98 Å². The maximum absolute atomic E-state index is 6.02. The molecule has 1 heterocycles. The van der Waals surface area contributed by atoms with Crippen molar-refractivity contribution in [1.29, 1.82) is 0 Å². The molecule has 2 rings (SSSR count). The number of nitrogens with zero attached hydrogens (tertiary/aromatic N) is 1. The van der Waals surface area contributed by atoms with Gasteiger partial charge in [-0.3, -0.25) is 0 Å². The van der Waals surface area contributed by atoms with Gasteiger partial charge >= 0.3 is 0 Å². The molecule has 0 aliphatic rings. The Morgan fingerprint density at radius 1 is 1.16 bits per heavy atom. The Bertz CT molecular complexity index is 549. The van der Waals surface area contributed by atoms with Crippen LogP contribution < -0.4 is 9.47 Å². The van der Waals surface area contributed by atoms with Crippen LogP contribution in [0.5, 0.6) is 11.5 Å². The van der Waals surface area contributed by atoms with E-state index < -0.39 is 0 Å². The third kappa shape index (κ3) is 3.61. The monoisotopic (exact) mass is 341 g/mol. The summed E-state index contributed by atoms with van der Waals surface area (Å²) < 4.78 is 12.0. The van der Waals surface area contributed by atoms with Gasteiger partial charge in [0.15, 0.2) is 16.7 Å². The topological polar surface area (TPSA) is 31.4 Å². The van der Waals surface area contributed by atoms with Crippen LogP contribution in [0.15, 0.2) is 41.0 Å². The van der Waals surface area contributed by atoms with Crippen molar-refractivity contribution in [2.75, 3.05) is 6.61 Å². The van der Waals surface area contributed by atoms with Crippen LogP contribution in [0.4, 0.5) is 0 Å². The Kier molecular flexibility index (Phi) is 5.05. The highest BCUT2D eigenvalue weighted by atomic mass is 79.9. The Balaban J connectivity index is 2.21. The molecule has 1 aromatic carbocycles. The number of pyridine rings is 1. The highest BCUT2D eigenvalue weighted by Crippen LogP contribution is 2.39. The first-order valence-corrected chi connectivity index (χ1v) is 7.03. The van der Waals surface area contributed by atoms with E-state index in [0.717, 1.165) is 10.0 Å². The number of aromatic nitrogens is 1. The van der Waals surface area contributed by atoms with E-state index in [0.29, 0.717) is 29.9 Å². The molecule has 0 bridgehead atoms. The summed E-state index contributed by atoms with van der Waals surface area (Å²) in [5, 5.41) is 0.299. The van der Waals surface area contributed by atoms with Gasteiger partial charge in [-0.05, 0) is 28.4 Å². The van der Waals surface area contributed by atoms with Gasteiger partial charge in [0.05, 0.1) is 11.1 Å². The fourth-order valence-electron chi connectivity index (χ4n) is 1.57. The average molecular weight is 343 g/mol. The average Bonchev–Trinajstić information content (AvgIpc) is 2.43. The standard InChI is InChI=1S/C14H13BrClNO2/c1-2-18-13-12(11(15)8-17-14(13)16)19-9-10-6-4-3-5-7-10/h3-8H,2,9H2,1H3. The Morgan fingerprint density at radius 3 is 2.58 bits per heavy atom. The predicted molar refractivity (Wildman–Crippen MR) is 78.9 cm³/mol. The molecule has 0 atom stereocenters. The van der Waals surface area contributed by atoms with E-state index in [2.05, 4.69) is 20.9 Å². The molecule has 2 aromatic rings. The van der Waals surface area contributed by atoms with Crippen LogP contribution in [-0.2, 0) is 6.61 Å². The molecule has 0 N–H and O–H groups in total. The zero-order valence-electron chi connectivity index (χ0n) is 10.4. The van der Waals surface area contributed by atoms with Crippen molar-refractivity contribution >= 4 is 27.5 Å². The summed E-state index contributed by atoms with van der Waals surface area (Å²) in [6, 6.07) is 9.90. The molecule has 0 aliphatic carbocycles. The summed E-state index contributed by atoms with van der Waals surface area (Å²) in [6.07, 6.45) is 1.60. The second kappa shape index (κ2) is 6.78. The highest BCUT2D eigenvalue weighted by Gasteiger charge is 2.15. The van der Waals surface area contributed by atoms with E-state index in [1.807, 2.05) is 37.3 Å². The van der Waals surface area contributed by atoms with E-state index in [9.17, 15) is 0 Å². The largest absolute Gasteiger partial charge is 0.487 e. The summed E-state index contributed by atoms with van der Waals surface area (Å²) in [5.74, 6) is 1.04. The molecular formula is C14H13BrClNO2. The molecule has 0 saturated heterocycles. The second-order valence-corrected chi connectivity index (χ2v) is 4.97. The van der Waals surface area contributed by atoms with Crippen LogP contribution in [-0.4, -0.2) is 11.6 Å². The third-order valence-electron chi connectivity index (χ3n) is 2.42. The first-order valence-electron chi connectivity index (χ1n) is 5.86. The van der Waals surface area contributed by atoms with Crippen LogP contribution in [0.3, 0.4) is 0 Å². The molecular weight excluding hydrogens is 330 g/mol. The highest BCUT2D eigenvalue weighted by molar-refractivity contribution is 9.10. The minimum absolute atomic E-state index is 0.299. The molecule has 1 aromatic heterocycles. The molecule has 0 saturated carbocycles. The van der Waals surface area contributed by atoms with Crippen LogP contribution >= 0.6 is 27.5 Å². The Labute approximate surface area is 125 Å². The minimum Gasteiger partial charge on any atom is -0.487 e. The van der Waals surface area contributed by atoms with Gasteiger partial charge < -0.3 is 9.47 Å². The summed E-state index contributed by atoms with van der Waals surface area (Å²) in [5.41, 5.74) is 1.07. The first kappa shape index (κ1) is 14.2. The molecule has 19 heavy (non-hydrogen) atoms. The fourth-order valence-corrected chi connectivity index (χ4v) is 2.15. The molecule has 0 spiro atoms. The molecule has 0 aliphatic heterocycles. The van der Waals surface area contributed by atoms with Crippen molar-refractivity contribution in [3.05, 3.63) is 51.7 Å². The normalized spacial score (nSPS) is 10.3. The zero-order valence-corrected chi connectivity index (χ0v) is 12.7. The van der Waals surface area contributed by atoms with E-state index in [-0.39, 0.29) is 0 Å². The van der Waals surface area contributed by atoms with E-state index in [1.54, 1.807) is 6.20 Å². The SMILES string of the molecule is CCOc1c(Cl)ncc(Br)c1OCc1ccccc1. The van der Waals surface area contributed by atoms with Gasteiger partial charge in [-0.15, -0.1) is 0 Å². The van der Waals surface area contributed by atoms with Crippen molar-refractivity contribution in [3.63, 3.8) is 0 Å². The Hall–Kier alpha value is -1.26. The lowest BCUT2D eigenvalue weighted by Gasteiger charge is -2.14. The second-order valence-electron chi connectivity index (χ2n) is 3.76. The molecule has 0 fully saturated rings. The van der Waals surface area contributed by atoms with Gasteiger partial charge in [0.25, 0.3) is 0 Å². The van der Waals surface area contributed by atoms with Gasteiger partial charge in [0, 0.05) is 6.20 Å². The van der Waals surface area contributed by atoms with Crippen molar-refractivity contribution < 1.29 is 9.47 Å². The van der Waals surface area contributed by atoms with E-state index in [4.69, 9.17) is 21.1 Å². The molecule has 0 radical (unpaired) electrons. The number of hydrogen-bond donors (Lipinski definition) is 0. The van der Waals surface area contributed by atoms with Gasteiger partial charge in [-0.2, -0.15) is 0 Å². The number of benzene rings is 1. The lowest BCUT2D eigenvalue weighted by atomic mass is 10.2. The van der Waals surface area contributed by atoms with E-state index >= 15 is 0 Å². The molecule has 100 valence electrons. The molecule has 0 amide bonds. The maximum atomic E-state index is 6.02. The Morgan fingerprint density at radius 2 is 1.89 bits per heavy atom. The quantitative estimate of drug-likeness (QED) is 0.751. The molecule has 0 unspecified atom stereocenters. The van der Waals surface area contributed by atoms with Gasteiger partial charge in [-0.1, -0.05) is 41.9 Å². The number of hydrogen-bond acceptors (Lipinski definition) is 3. The van der Waals surface area contributed by atoms with Crippen LogP contribution in [0.25, 0.3) is 0 Å². The fraction of sp³-hybridized carbons (Fsp3) is 0.214. The smallest absolute Gasteiger partial charge is 0.200 e. The number of halogens is 2. The van der Waals surface area contributed by atoms with Crippen molar-refractivity contribution in [2.45, 2.75) is 13.5 Å². The first-order chi connectivity index (χ1) is 9.22. The summed E-state index contributed by atoms with van der Waals surface area (Å²) in [4.78, 5) is 4.03. The number of ether oxygens (including phenoxy) is 2. The predicted octanol–water partition coefficient (Wildman–Crippen LogP) is 4.48. The van der Waals surface area contributed by atoms with Crippen molar-refractivity contribution in [1.82, 2.24) is 4.98 Å². The maximum Gasteiger partial charge on any atom is 0.200 e. The van der Waals surface area contributed by atoms with Crippen LogP contribution in [0, 0.1) is 0 Å². The summed E-state index contributed by atoms with van der Waals surface area (Å²) in [6.45, 7) is 2.83. The summed E-state index contributed by atoms with van der Waals surface area (Å²) >= 11 is 9.42. The third-order valence-corrected chi connectivity index (χ3v) is 3.25.